The number of hydrogen-bond donors (Lipinski definition) is 0. The van der Waals surface area contributed by atoms with E-state index in [0.717, 1.165) is 25.4 Å². The Balaban J connectivity index is 1.73. The van der Waals surface area contributed by atoms with Gasteiger partial charge in [-0.2, -0.15) is 0 Å². The maximum atomic E-state index is 11.5. The summed E-state index contributed by atoms with van der Waals surface area (Å²) in [4.78, 5) is 22.7. The van der Waals surface area contributed by atoms with Crippen molar-refractivity contribution < 1.29 is 19.1 Å². The van der Waals surface area contributed by atoms with Crippen LogP contribution >= 0.6 is 7.92 Å². The van der Waals surface area contributed by atoms with E-state index in [-0.39, 0.29) is 20.9 Å². The number of benzene rings is 2. The van der Waals surface area contributed by atoms with Crippen LogP contribution < -0.4 is 10.6 Å². The first-order chi connectivity index (χ1) is 13.2. The first kappa shape index (κ1) is 21.1. The Labute approximate surface area is 162 Å². The number of esters is 2. The summed E-state index contributed by atoms with van der Waals surface area (Å²) in [6.45, 7) is 2.34. The van der Waals surface area contributed by atoms with Gasteiger partial charge in [0.1, 0.15) is 6.42 Å². The second-order valence-electron chi connectivity index (χ2n) is 6.09. The van der Waals surface area contributed by atoms with Crippen LogP contribution in [0.1, 0.15) is 32.6 Å². The molecule has 0 N–H and O–H groups in total. The Hall–Kier alpha value is -2.19. The second-order valence-corrected chi connectivity index (χ2v) is 8.42. The Morgan fingerprint density at radius 2 is 1.33 bits per heavy atom. The average molecular weight is 386 g/mol. The summed E-state index contributed by atoms with van der Waals surface area (Å²) in [6, 6.07) is 21.3. The molecule has 0 unspecified atom stereocenters. The molecule has 0 fully saturated rings. The zero-order valence-electron chi connectivity index (χ0n) is 15.8. The van der Waals surface area contributed by atoms with Gasteiger partial charge < -0.3 is 9.47 Å². The van der Waals surface area contributed by atoms with E-state index < -0.39 is 11.9 Å². The van der Waals surface area contributed by atoms with Crippen LogP contribution in [0.2, 0.25) is 0 Å². The second kappa shape index (κ2) is 12.2. The van der Waals surface area contributed by atoms with Gasteiger partial charge in [0, 0.05) is 0 Å². The van der Waals surface area contributed by atoms with Gasteiger partial charge in [-0.15, -0.1) is 0 Å². The van der Waals surface area contributed by atoms with Gasteiger partial charge in [-0.05, 0) is 50.9 Å². The molecule has 2 rings (SSSR count). The summed E-state index contributed by atoms with van der Waals surface area (Å²) in [7, 11) is -0.369. The molecule has 27 heavy (non-hydrogen) atoms. The van der Waals surface area contributed by atoms with Gasteiger partial charge in [0.25, 0.3) is 0 Å². The Kier molecular flexibility index (Phi) is 9.57. The van der Waals surface area contributed by atoms with E-state index in [1.54, 1.807) is 6.92 Å². The molecule has 2 aromatic carbocycles. The van der Waals surface area contributed by atoms with Gasteiger partial charge in [0.05, 0.1) is 13.2 Å². The topological polar surface area (TPSA) is 52.6 Å². The van der Waals surface area contributed by atoms with Gasteiger partial charge in [-0.1, -0.05) is 60.7 Å². The quantitative estimate of drug-likeness (QED) is 0.255. The normalized spacial score (nSPS) is 10.6. The third kappa shape index (κ3) is 7.92. The highest BCUT2D eigenvalue weighted by atomic mass is 31.1. The molecular formula is C22H27O4P. The highest BCUT2D eigenvalue weighted by Crippen LogP contribution is 2.34. The Morgan fingerprint density at radius 3 is 1.89 bits per heavy atom. The van der Waals surface area contributed by atoms with Crippen molar-refractivity contribution in [3.05, 3.63) is 60.7 Å². The number of carbonyl (C=O) groups excluding carboxylic acids is 2. The minimum Gasteiger partial charge on any atom is -0.466 e. The van der Waals surface area contributed by atoms with Gasteiger partial charge in [-0.3, -0.25) is 9.59 Å². The van der Waals surface area contributed by atoms with Crippen LogP contribution in [0.25, 0.3) is 0 Å². The molecule has 0 amide bonds. The zero-order valence-corrected chi connectivity index (χ0v) is 16.7. The van der Waals surface area contributed by atoms with Gasteiger partial charge >= 0.3 is 11.9 Å². The molecule has 0 aliphatic carbocycles. The number of hydrogen-bond acceptors (Lipinski definition) is 4. The molecule has 144 valence electrons. The van der Waals surface area contributed by atoms with E-state index in [4.69, 9.17) is 9.47 Å². The smallest absolute Gasteiger partial charge is 0.317 e. The molecule has 0 saturated heterocycles. The third-order valence-corrected chi connectivity index (χ3v) is 6.63. The summed E-state index contributed by atoms with van der Waals surface area (Å²) in [5, 5.41) is 2.78. The molecule has 4 nitrogen and oxygen atoms in total. The predicted molar refractivity (Wildman–Crippen MR) is 110 cm³/mol. The van der Waals surface area contributed by atoms with Gasteiger partial charge in [0.2, 0.25) is 0 Å². The molecule has 0 spiro atoms. The molecule has 0 radical (unpaired) electrons. The lowest BCUT2D eigenvalue weighted by atomic mass is 10.3. The number of rotatable bonds is 11. The Morgan fingerprint density at radius 1 is 0.778 bits per heavy atom. The van der Waals surface area contributed by atoms with Crippen LogP contribution in [0.15, 0.2) is 60.7 Å². The van der Waals surface area contributed by atoms with Crippen molar-refractivity contribution in [2.75, 3.05) is 19.4 Å². The van der Waals surface area contributed by atoms with Crippen molar-refractivity contribution in [3.63, 3.8) is 0 Å². The average Bonchev–Trinajstić information content (AvgIpc) is 2.69. The molecule has 0 aliphatic heterocycles. The van der Waals surface area contributed by atoms with Crippen LogP contribution in [0.5, 0.6) is 0 Å². The summed E-state index contributed by atoms with van der Waals surface area (Å²) in [6.07, 6.45) is 3.68. The first-order valence-electron chi connectivity index (χ1n) is 9.39. The highest BCUT2D eigenvalue weighted by molar-refractivity contribution is 7.73. The fourth-order valence-electron chi connectivity index (χ4n) is 2.74. The molecule has 0 aliphatic rings. The van der Waals surface area contributed by atoms with Crippen LogP contribution in [0.3, 0.4) is 0 Å². The van der Waals surface area contributed by atoms with Gasteiger partial charge in [-0.25, -0.2) is 0 Å². The molecule has 0 aromatic heterocycles. The van der Waals surface area contributed by atoms with Crippen molar-refractivity contribution >= 4 is 30.5 Å². The molecule has 2 aromatic rings. The van der Waals surface area contributed by atoms with Crippen molar-refractivity contribution in [1.82, 2.24) is 0 Å². The minimum atomic E-state index is -0.529. The number of carbonyl (C=O) groups is 2. The molecular weight excluding hydrogens is 359 g/mol. The largest absolute Gasteiger partial charge is 0.466 e. The molecule has 0 atom stereocenters. The zero-order chi connectivity index (χ0) is 19.3. The van der Waals surface area contributed by atoms with E-state index in [1.807, 2.05) is 12.1 Å². The van der Waals surface area contributed by atoms with Crippen LogP contribution in [-0.4, -0.2) is 31.3 Å². The first-order valence-corrected chi connectivity index (χ1v) is 10.9. The summed E-state index contributed by atoms with van der Waals surface area (Å²) >= 11 is 0. The van der Waals surface area contributed by atoms with Crippen LogP contribution in [-0.2, 0) is 19.1 Å². The molecule has 0 heterocycles. The lowest BCUT2D eigenvalue weighted by Gasteiger charge is -2.18. The van der Waals surface area contributed by atoms with E-state index in [2.05, 4.69) is 48.5 Å². The number of unbranched alkanes of at least 4 members (excludes halogenated alkanes) is 2. The predicted octanol–water partition coefficient (Wildman–Crippen LogP) is 3.79. The van der Waals surface area contributed by atoms with Crippen molar-refractivity contribution in [1.29, 1.82) is 0 Å². The molecule has 0 saturated carbocycles. The summed E-state index contributed by atoms with van der Waals surface area (Å²) in [5.41, 5.74) is 0. The summed E-state index contributed by atoms with van der Waals surface area (Å²) < 4.78 is 9.83. The lowest BCUT2D eigenvalue weighted by molar-refractivity contribution is -0.154. The van der Waals surface area contributed by atoms with Crippen LogP contribution in [0, 0.1) is 0 Å². The maximum Gasteiger partial charge on any atom is 0.317 e. The molecule has 0 bridgehead atoms. The van der Waals surface area contributed by atoms with Crippen molar-refractivity contribution in [3.8, 4) is 0 Å². The standard InChI is InChI=1S/C22H27O4P/c1-2-25-21(23)18-22(24)26-16-10-5-11-17-27(19-12-6-3-7-13-19)20-14-8-4-9-15-20/h3-4,6-9,12-15H,2,5,10-11,16-18H2,1H3. The lowest BCUT2D eigenvalue weighted by Crippen LogP contribution is -2.15. The summed E-state index contributed by atoms with van der Waals surface area (Å²) in [5.74, 6) is -1.04. The SMILES string of the molecule is CCOC(=O)CC(=O)OCCCCCP(c1ccccc1)c1ccccc1. The maximum absolute atomic E-state index is 11.5. The van der Waals surface area contributed by atoms with E-state index in [0.29, 0.717) is 6.61 Å². The van der Waals surface area contributed by atoms with E-state index in [9.17, 15) is 9.59 Å². The Bertz CT molecular complexity index is 648. The molecule has 5 heteroatoms. The fraction of sp³-hybridized carbons (Fsp3) is 0.364. The minimum absolute atomic E-state index is 0.276. The van der Waals surface area contributed by atoms with Gasteiger partial charge in [0.15, 0.2) is 0 Å². The van der Waals surface area contributed by atoms with Crippen LogP contribution in [0.4, 0.5) is 0 Å². The highest BCUT2D eigenvalue weighted by Gasteiger charge is 2.13. The fourth-order valence-corrected chi connectivity index (χ4v) is 5.16. The monoisotopic (exact) mass is 386 g/mol. The number of ether oxygens (including phenoxy) is 2. The van der Waals surface area contributed by atoms with E-state index >= 15 is 0 Å². The van der Waals surface area contributed by atoms with Crippen molar-refractivity contribution in [2.24, 2.45) is 0 Å². The van der Waals surface area contributed by atoms with E-state index in [1.165, 1.54) is 10.6 Å². The third-order valence-electron chi connectivity index (χ3n) is 4.02. The van der Waals surface area contributed by atoms with Crippen molar-refractivity contribution in [2.45, 2.75) is 32.6 Å².